The van der Waals surface area contributed by atoms with Gasteiger partial charge in [0.25, 0.3) is 0 Å². The minimum absolute atomic E-state index is 0. The van der Waals surface area contributed by atoms with Crippen molar-refractivity contribution in [3.63, 3.8) is 0 Å². The molecular formula is C12H9K3O6. The Balaban J connectivity index is -0.00000108. The third-order valence-electron chi connectivity index (χ3n) is 2.16. The largest absolute Gasteiger partial charge is 1.00 e. The van der Waals surface area contributed by atoms with E-state index >= 15 is 0 Å². The molecule has 1 aromatic rings. The molecule has 1 rings (SSSR count). The van der Waals surface area contributed by atoms with E-state index in [0.29, 0.717) is 0 Å². The summed E-state index contributed by atoms with van der Waals surface area (Å²) < 4.78 is 0. The van der Waals surface area contributed by atoms with Crippen LogP contribution >= 0.6 is 0 Å². The van der Waals surface area contributed by atoms with E-state index in [1.165, 1.54) is 18.2 Å². The van der Waals surface area contributed by atoms with Crippen LogP contribution in [-0.2, 0) is 33.6 Å². The first-order valence-corrected chi connectivity index (χ1v) is 5.08. The van der Waals surface area contributed by atoms with Crippen LogP contribution in [0, 0.1) is 0 Å². The van der Waals surface area contributed by atoms with Gasteiger partial charge in [-0.05, 0) is 16.7 Å². The van der Waals surface area contributed by atoms with Crippen LogP contribution in [0.25, 0.3) is 0 Å². The second-order valence-corrected chi connectivity index (χ2v) is 3.80. The summed E-state index contributed by atoms with van der Waals surface area (Å²) >= 11 is 0. The van der Waals surface area contributed by atoms with Crippen molar-refractivity contribution < 1.29 is 184 Å². The number of carbonyl (C=O) groups excluding carboxylic acids is 3. The number of carboxylic acids is 3. The molecule has 0 amide bonds. The Bertz CT molecular complexity index is 420. The number of aliphatic carboxylic acids is 3. The van der Waals surface area contributed by atoms with Gasteiger partial charge in [-0.15, -0.1) is 0 Å². The summed E-state index contributed by atoms with van der Waals surface area (Å²) in [5.41, 5.74) is 0.847. The normalized spacial score (nSPS) is 8.57. The average molecular weight is 366 g/mol. The van der Waals surface area contributed by atoms with Crippen LogP contribution in [0.4, 0.5) is 0 Å². The molecule has 0 radical (unpaired) electrons. The van der Waals surface area contributed by atoms with Crippen molar-refractivity contribution in [1.29, 1.82) is 0 Å². The molecule has 0 unspecified atom stereocenters. The van der Waals surface area contributed by atoms with Gasteiger partial charge in [-0.1, -0.05) is 18.2 Å². The van der Waals surface area contributed by atoms with E-state index in [9.17, 15) is 29.7 Å². The zero-order valence-corrected chi connectivity index (χ0v) is 21.7. The van der Waals surface area contributed by atoms with Gasteiger partial charge in [0.15, 0.2) is 0 Å². The first-order valence-electron chi connectivity index (χ1n) is 5.08. The number of carboxylic acid groups (broad SMARTS) is 3. The number of benzene rings is 1. The summed E-state index contributed by atoms with van der Waals surface area (Å²) in [6.07, 6.45) is -1.25. The average Bonchev–Trinajstić information content (AvgIpc) is 2.12. The number of rotatable bonds is 6. The molecule has 21 heavy (non-hydrogen) atoms. The van der Waals surface area contributed by atoms with E-state index in [-0.39, 0.29) is 171 Å². The minimum Gasteiger partial charge on any atom is -0.550 e. The molecule has 9 heteroatoms. The molecule has 0 aliphatic rings. The molecule has 0 fully saturated rings. The quantitative estimate of drug-likeness (QED) is 0.461. The van der Waals surface area contributed by atoms with Gasteiger partial charge in [0.2, 0.25) is 0 Å². The Morgan fingerprint density at radius 1 is 0.619 bits per heavy atom. The molecule has 0 bridgehead atoms. The maximum Gasteiger partial charge on any atom is 1.00 e. The van der Waals surface area contributed by atoms with Crippen molar-refractivity contribution >= 4 is 17.9 Å². The second-order valence-electron chi connectivity index (χ2n) is 3.80. The molecule has 0 atom stereocenters. The van der Waals surface area contributed by atoms with E-state index < -0.39 is 37.2 Å². The first-order chi connectivity index (χ1) is 8.36. The topological polar surface area (TPSA) is 120 Å². The van der Waals surface area contributed by atoms with E-state index in [0.717, 1.165) is 0 Å². The maximum absolute atomic E-state index is 10.5. The van der Waals surface area contributed by atoms with Crippen LogP contribution in [0.1, 0.15) is 16.7 Å². The van der Waals surface area contributed by atoms with Crippen LogP contribution in [0.2, 0.25) is 0 Å². The van der Waals surface area contributed by atoms with Gasteiger partial charge in [-0.2, -0.15) is 0 Å². The van der Waals surface area contributed by atoms with Crippen molar-refractivity contribution in [2.75, 3.05) is 0 Å². The van der Waals surface area contributed by atoms with Crippen LogP contribution in [0.15, 0.2) is 18.2 Å². The maximum atomic E-state index is 10.5. The molecular weight excluding hydrogens is 357 g/mol. The summed E-state index contributed by atoms with van der Waals surface area (Å²) in [7, 11) is 0. The molecule has 1 aromatic carbocycles. The van der Waals surface area contributed by atoms with Crippen molar-refractivity contribution in [2.24, 2.45) is 0 Å². The monoisotopic (exact) mass is 366 g/mol. The molecule has 6 nitrogen and oxygen atoms in total. The van der Waals surface area contributed by atoms with Crippen LogP contribution in [0.5, 0.6) is 0 Å². The molecule has 0 saturated heterocycles. The molecule has 0 aromatic heterocycles. The summed E-state index contributed by atoms with van der Waals surface area (Å²) in [4.78, 5) is 31.4. The van der Waals surface area contributed by atoms with Crippen molar-refractivity contribution in [3.05, 3.63) is 34.9 Å². The smallest absolute Gasteiger partial charge is 0.550 e. The molecule has 0 aliphatic heterocycles. The van der Waals surface area contributed by atoms with Gasteiger partial charge in [0.05, 0.1) is 0 Å². The van der Waals surface area contributed by atoms with Gasteiger partial charge < -0.3 is 29.7 Å². The Morgan fingerprint density at radius 2 is 0.810 bits per heavy atom. The standard InChI is InChI=1S/C12H12O6.3K/c13-10(14)4-7-1-8(5-11(15)16)3-9(2-7)6-12(17)18;;;/h1-3H,4-6H2,(H,13,14)(H,15,16)(H,17,18);;;/q;3*+1/p-3. The third kappa shape index (κ3) is 13.5. The Morgan fingerprint density at radius 3 is 0.952 bits per heavy atom. The Kier molecular flexibility index (Phi) is 20.0. The van der Waals surface area contributed by atoms with Crippen molar-refractivity contribution in [2.45, 2.75) is 19.3 Å². The second kappa shape index (κ2) is 14.8. The fourth-order valence-electron chi connectivity index (χ4n) is 1.65. The summed E-state index contributed by atoms with van der Waals surface area (Å²) in [5.74, 6) is -4.00. The predicted octanol–water partition coefficient (Wildman–Crippen LogP) is -12.4. The predicted molar refractivity (Wildman–Crippen MR) is 52.6 cm³/mol. The zero-order chi connectivity index (χ0) is 13.7. The summed E-state index contributed by atoms with van der Waals surface area (Å²) in [5, 5.41) is 31.4. The Labute approximate surface area is 249 Å². The molecule has 0 spiro atoms. The number of hydrogen-bond acceptors (Lipinski definition) is 6. The summed E-state index contributed by atoms with van der Waals surface area (Å²) in [6.45, 7) is 0. The molecule has 0 heterocycles. The van der Waals surface area contributed by atoms with Crippen LogP contribution < -0.4 is 169 Å². The van der Waals surface area contributed by atoms with E-state index in [4.69, 9.17) is 0 Å². The van der Waals surface area contributed by atoms with Gasteiger partial charge in [0, 0.05) is 37.2 Å². The molecule has 96 valence electrons. The minimum atomic E-state index is -1.33. The van der Waals surface area contributed by atoms with E-state index in [1.54, 1.807) is 0 Å². The van der Waals surface area contributed by atoms with Crippen molar-refractivity contribution in [3.8, 4) is 0 Å². The molecule has 0 aliphatic carbocycles. The number of carbonyl (C=O) groups is 3. The van der Waals surface area contributed by atoms with Gasteiger partial charge >= 0.3 is 154 Å². The third-order valence-corrected chi connectivity index (χ3v) is 2.16. The first kappa shape index (κ1) is 28.3. The van der Waals surface area contributed by atoms with Crippen molar-refractivity contribution in [1.82, 2.24) is 0 Å². The fourth-order valence-corrected chi connectivity index (χ4v) is 1.65. The molecule has 0 N–H and O–H groups in total. The zero-order valence-electron chi connectivity index (χ0n) is 12.3. The SMILES string of the molecule is O=C([O-])Cc1cc(CC(=O)[O-])cc(CC(=O)[O-])c1.[K+].[K+].[K+]. The fraction of sp³-hybridized carbons (Fsp3) is 0.250. The van der Waals surface area contributed by atoms with E-state index in [2.05, 4.69) is 0 Å². The Hall–Kier alpha value is 2.54. The van der Waals surface area contributed by atoms with E-state index in [1.807, 2.05) is 0 Å². The molecule has 0 saturated carbocycles. The van der Waals surface area contributed by atoms with Crippen LogP contribution in [-0.4, -0.2) is 17.9 Å². The number of hydrogen-bond donors (Lipinski definition) is 0. The van der Waals surface area contributed by atoms with Gasteiger partial charge in [-0.3, -0.25) is 0 Å². The van der Waals surface area contributed by atoms with Gasteiger partial charge in [-0.25, -0.2) is 0 Å². The van der Waals surface area contributed by atoms with Crippen LogP contribution in [0.3, 0.4) is 0 Å². The van der Waals surface area contributed by atoms with Gasteiger partial charge in [0.1, 0.15) is 0 Å². The summed E-state index contributed by atoms with van der Waals surface area (Å²) in [6, 6.07) is 4.10.